The number of rotatable bonds is 3. The van der Waals surface area contributed by atoms with Crippen LogP contribution in [0.2, 0.25) is 0 Å². The van der Waals surface area contributed by atoms with Gasteiger partial charge in [0.15, 0.2) is 0 Å². The van der Waals surface area contributed by atoms with E-state index in [9.17, 15) is 23.1 Å². The molecule has 0 bridgehead atoms. The number of methoxy groups -OCH3 is 1. The van der Waals surface area contributed by atoms with Crippen molar-refractivity contribution in [1.82, 2.24) is 0 Å². The van der Waals surface area contributed by atoms with Crippen LogP contribution in [0.1, 0.15) is 5.56 Å². The van der Waals surface area contributed by atoms with Crippen molar-refractivity contribution in [3.8, 4) is 11.5 Å². The van der Waals surface area contributed by atoms with Crippen molar-refractivity contribution < 1.29 is 27.8 Å². The van der Waals surface area contributed by atoms with Gasteiger partial charge < -0.3 is 9.84 Å². The van der Waals surface area contributed by atoms with E-state index in [0.29, 0.717) is 5.75 Å². The van der Waals surface area contributed by atoms with Crippen LogP contribution in [0.5, 0.6) is 11.5 Å². The zero-order valence-electron chi connectivity index (χ0n) is 8.34. The predicted molar refractivity (Wildman–Crippen MR) is 49.4 cm³/mol. The van der Waals surface area contributed by atoms with Gasteiger partial charge in [-0.2, -0.15) is 13.2 Å². The molecule has 0 unspecified atom stereocenters. The molecule has 0 spiro atoms. The Morgan fingerprint density at radius 2 is 2.06 bits per heavy atom. The van der Waals surface area contributed by atoms with Crippen molar-refractivity contribution in [3.63, 3.8) is 0 Å². The maximum absolute atomic E-state index is 12.0. The molecule has 1 aromatic carbocycles. The van der Waals surface area contributed by atoms with Crippen molar-refractivity contribution >= 4 is 5.78 Å². The first-order valence-electron chi connectivity index (χ1n) is 4.30. The summed E-state index contributed by atoms with van der Waals surface area (Å²) in [5.74, 6) is -1.98. The first-order valence-corrected chi connectivity index (χ1v) is 4.30. The zero-order chi connectivity index (χ0) is 12.3. The molecule has 0 aliphatic rings. The fourth-order valence-electron chi connectivity index (χ4n) is 1.09. The van der Waals surface area contributed by atoms with Gasteiger partial charge in [0.05, 0.1) is 7.11 Å². The number of halogens is 3. The standard InChI is InChI=1S/C10H9F3O3/c1-16-7-3-2-6(8(14)5-7)4-9(15)10(11,12)13/h2-3,5,14H,4H2,1H3. The predicted octanol–water partition coefficient (Wildman–Crippen LogP) is 2.07. The van der Waals surface area contributed by atoms with Gasteiger partial charge >= 0.3 is 6.18 Å². The van der Waals surface area contributed by atoms with Crippen LogP contribution >= 0.6 is 0 Å². The smallest absolute Gasteiger partial charge is 0.450 e. The van der Waals surface area contributed by atoms with Crippen molar-refractivity contribution in [2.75, 3.05) is 7.11 Å². The van der Waals surface area contributed by atoms with Gasteiger partial charge in [-0.15, -0.1) is 0 Å². The molecule has 0 saturated carbocycles. The van der Waals surface area contributed by atoms with E-state index >= 15 is 0 Å². The number of aromatic hydroxyl groups is 1. The molecular weight excluding hydrogens is 225 g/mol. The van der Waals surface area contributed by atoms with E-state index in [0.717, 1.165) is 6.07 Å². The average Bonchev–Trinajstić information content (AvgIpc) is 2.19. The average molecular weight is 234 g/mol. The molecule has 0 atom stereocenters. The molecule has 1 aromatic rings. The number of carbonyl (C=O) groups is 1. The van der Waals surface area contributed by atoms with Crippen molar-refractivity contribution in [2.45, 2.75) is 12.6 Å². The molecule has 0 heterocycles. The van der Waals surface area contributed by atoms with Gasteiger partial charge in [0.1, 0.15) is 11.5 Å². The minimum absolute atomic E-state index is 0.0804. The van der Waals surface area contributed by atoms with Gasteiger partial charge in [0.25, 0.3) is 0 Å². The summed E-state index contributed by atoms with van der Waals surface area (Å²) in [7, 11) is 1.36. The third kappa shape index (κ3) is 2.88. The fraction of sp³-hybridized carbons (Fsp3) is 0.300. The molecule has 0 saturated heterocycles. The second-order valence-corrected chi connectivity index (χ2v) is 3.09. The summed E-state index contributed by atoms with van der Waals surface area (Å²) in [6, 6.07) is 3.75. The first-order chi connectivity index (χ1) is 7.34. The molecule has 1 rings (SSSR count). The number of ether oxygens (including phenoxy) is 1. The molecule has 0 aromatic heterocycles. The molecule has 0 fully saturated rings. The Morgan fingerprint density at radius 3 is 2.50 bits per heavy atom. The molecule has 16 heavy (non-hydrogen) atoms. The summed E-state index contributed by atoms with van der Waals surface area (Å²) in [5.41, 5.74) is -0.0804. The van der Waals surface area contributed by atoms with Gasteiger partial charge in [-0.3, -0.25) is 4.79 Å². The lowest BCUT2D eigenvalue weighted by Gasteiger charge is -2.08. The van der Waals surface area contributed by atoms with Gasteiger partial charge in [-0.1, -0.05) is 6.07 Å². The molecule has 3 nitrogen and oxygen atoms in total. The Bertz CT molecular complexity index is 399. The zero-order valence-corrected chi connectivity index (χ0v) is 8.34. The number of benzene rings is 1. The molecule has 0 aliphatic carbocycles. The fourth-order valence-corrected chi connectivity index (χ4v) is 1.09. The summed E-state index contributed by atoms with van der Waals surface area (Å²) in [6.07, 6.45) is -5.76. The summed E-state index contributed by atoms with van der Waals surface area (Å²) >= 11 is 0. The van der Waals surface area contributed by atoms with E-state index in [1.807, 2.05) is 0 Å². The lowest BCUT2D eigenvalue weighted by molar-refractivity contribution is -0.170. The highest BCUT2D eigenvalue weighted by Gasteiger charge is 2.38. The largest absolute Gasteiger partial charge is 0.508 e. The van der Waals surface area contributed by atoms with E-state index in [4.69, 9.17) is 4.74 Å². The number of hydrogen-bond acceptors (Lipinski definition) is 3. The molecule has 0 aliphatic heterocycles. The maximum Gasteiger partial charge on any atom is 0.450 e. The van der Waals surface area contributed by atoms with Crippen LogP contribution in [-0.4, -0.2) is 24.2 Å². The number of ketones is 1. The normalized spacial score (nSPS) is 11.2. The van der Waals surface area contributed by atoms with Crippen molar-refractivity contribution in [3.05, 3.63) is 23.8 Å². The van der Waals surface area contributed by atoms with Crippen molar-refractivity contribution in [2.24, 2.45) is 0 Å². The summed E-state index contributed by atoms with van der Waals surface area (Å²) in [5, 5.41) is 9.34. The van der Waals surface area contributed by atoms with Crippen LogP contribution in [0.15, 0.2) is 18.2 Å². The molecule has 0 radical (unpaired) electrons. The Labute approximate surface area is 89.5 Å². The lowest BCUT2D eigenvalue weighted by atomic mass is 10.1. The van der Waals surface area contributed by atoms with Crippen molar-refractivity contribution in [1.29, 1.82) is 0 Å². The maximum atomic E-state index is 12.0. The van der Waals surface area contributed by atoms with E-state index in [1.54, 1.807) is 0 Å². The topological polar surface area (TPSA) is 46.5 Å². The Balaban J connectivity index is 2.87. The van der Waals surface area contributed by atoms with Gasteiger partial charge in [-0.25, -0.2) is 0 Å². The van der Waals surface area contributed by atoms with Crippen LogP contribution in [0.3, 0.4) is 0 Å². The third-order valence-electron chi connectivity index (χ3n) is 1.96. The quantitative estimate of drug-likeness (QED) is 0.870. The van der Waals surface area contributed by atoms with E-state index in [-0.39, 0.29) is 5.56 Å². The number of carbonyl (C=O) groups excluding carboxylic acids is 1. The van der Waals surface area contributed by atoms with Crippen LogP contribution in [0.25, 0.3) is 0 Å². The Morgan fingerprint density at radius 1 is 1.44 bits per heavy atom. The van der Waals surface area contributed by atoms with E-state index in [2.05, 4.69) is 0 Å². The number of hydrogen-bond donors (Lipinski definition) is 1. The highest BCUT2D eigenvalue weighted by molar-refractivity contribution is 5.86. The summed E-state index contributed by atoms with van der Waals surface area (Å²) < 4.78 is 40.6. The number of phenols is 1. The minimum atomic E-state index is -4.88. The Kier molecular flexibility index (Phi) is 3.41. The van der Waals surface area contributed by atoms with E-state index in [1.165, 1.54) is 19.2 Å². The molecule has 1 N–H and O–H groups in total. The molecule has 0 amide bonds. The number of alkyl halides is 3. The first kappa shape index (κ1) is 12.4. The van der Waals surface area contributed by atoms with Crippen LogP contribution < -0.4 is 4.74 Å². The number of Topliss-reactive ketones (excluding diaryl/α,β-unsaturated/α-hetero) is 1. The van der Waals surface area contributed by atoms with Crippen LogP contribution in [0, 0.1) is 0 Å². The van der Waals surface area contributed by atoms with Gasteiger partial charge in [0, 0.05) is 18.1 Å². The SMILES string of the molecule is COc1ccc(CC(=O)C(F)(F)F)c(O)c1. The van der Waals surface area contributed by atoms with Gasteiger partial charge in [-0.05, 0) is 6.07 Å². The third-order valence-corrected chi connectivity index (χ3v) is 1.96. The second-order valence-electron chi connectivity index (χ2n) is 3.09. The van der Waals surface area contributed by atoms with E-state index < -0.39 is 24.1 Å². The summed E-state index contributed by atoms with van der Waals surface area (Å²) in [4.78, 5) is 10.7. The lowest BCUT2D eigenvalue weighted by Crippen LogP contribution is -2.24. The van der Waals surface area contributed by atoms with Crippen LogP contribution in [0.4, 0.5) is 13.2 Å². The molecule has 88 valence electrons. The second kappa shape index (κ2) is 4.42. The Hall–Kier alpha value is -1.72. The molecule has 6 heteroatoms. The number of phenolic OH excluding ortho intramolecular Hbond substituents is 1. The van der Waals surface area contributed by atoms with Gasteiger partial charge in [0.2, 0.25) is 5.78 Å². The highest BCUT2D eigenvalue weighted by atomic mass is 19.4. The van der Waals surface area contributed by atoms with Crippen LogP contribution in [-0.2, 0) is 11.2 Å². The monoisotopic (exact) mass is 234 g/mol. The summed E-state index contributed by atoms with van der Waals surface area (Å²) in [6.45, 7) is 0. The molecular formula is C10H9F3O3. The highest BCUT2D eigenvalue weighted by Crippen LogP contribution is 2.26. The minimum Gasteiger partial charge on any atom is -0.508 e.